The molecule has 1 rings (SSSR count). The molecule has 1 unspecified atom stereocenters. The maximum Gasteiger partial charge on any atom is 0.243 e. The zero-order chi connectivity index (χ0) is 13.9. The Morgan fingerprint density at radius 3 is 2.37 bits per heavy atom. The Bertz CT molecular complexity index is 538. The van der Waals surface area contributed by atoms with Crippen LogP contribution in [-0.2, 0) is 10.0 Å². The van der Waals surface area contributed by atoms with Crippen molar-refractivity contribution in [2.24, 2.45) is 5.73 Å². The standard InChI is InChI=1S/C10H13F3N2O2S.ClH/c1-6(14)4-5-15-18(16,17)8-3-2-7(11)9(12)10(8)13;/h2-3,6,15H,4-5,14H2,1H3;1H. The summed E-state index contributed by atoms with van der Waals surface area (Å²) < 4.78 is 64.1. The van der Waals surface area contributed by atoms with Gasteiger partial charge in [-0.3, -0.25) is 0 Å². The summed E-state index contributed by atoms with van der Waals surface area (Å²) in [5.41, 5.74) is 5.42. The van der Waals surface area contributed by atoms with Gasteiger partial charge in [0.15, 0.2) is 17.5 Å². The molecule has 19 heavy (non-hydrogen) atoms. The quantitative estimate of drug-likeness (QED) is 0.809. The van der Waals surface area contributed by atoms with E-state index in [4.69, 9.17) is 5.73 Å². The molecule has 0 aliphatic rings. The Morgan fingerprint density at radius 1 is 1.26 bits per heavy atom. The van der Waals surface area contributed by atoms with Gasteiger partial charge in [0, 0.05) is 12.6 Å². The minimum Gasteiger partial charge on any atom is -0.328 e. The zero-order valence-corrected chi connectivity index (χ0v) is 11.6. The van der Waals surface area contributed by atoms with Crippen LogP contribution in [0.1, 0.15) is 13.3 Å². The molecule has 1 aromatic rings. The van der Waals surface area contributed by atoms with E-state index < -0.39 is 32.4 Å². The summed E-state index contributed by atoms with van der Waals surface area (Å²) in [6, 6.07) is 0.989. The summed E-state index contributed by atoms with van der Waals surface area (Å²) >= 11 is 0. The third-order valence-electron chi connectivity index (χ3n) is 2.18. The minimum absolute atomic E-state index is 0. The van der Waals surface area contributed by atoms with Crippen molar-refractivity contribution in [1.29, 1.82) is 0 Å². The smallest absolute Gasteiger partial charge is 0.243 e. The average Bonchev–Trinajstić information content (AvgIpc) is 2.24. The molecular weight excluding hydrogens is 305 g/mol. The molecule has 1 atom stereocenters. The molecular formula is C10H14ClF3N2O2S. The van der Waals surface area contributed by atoms with Gasteiger partial charge in [0.05, 0.1) is 0 Å². The van der Waals surface area contributed by atoms with E-state index in [0.29, 0.717) is 18.6 Å². The van der Waals surface area contributed by atoms with E-state index in [1.807, 2.05) is 0 Å². The fourth-order valence-electron chi connectivity index (χ4n) is 1.21. The number of nitrogens with one attached hydrogen (secondary N) is 1. The monoisotopic (exact) mass is 318 g/mol. The number of halogens is 4. The number of sulfonamides is 1. The molecule has 0 saturated carbocycles. The second kappa shape index (κ2) is 7.09. The SMILES string of the molecule is CC(N)CCNS(=O)(=O)c1ccc(F)c(F)c1F.Cl. The first-order chi connectivity index (χ1) is 8.25. The average molecular weight is 319 g/mol. The Balaban J connectivity index is 0.00000324. The maximum atomic E-state index is 13.3. The van der Waals surface area contributed by atoms with Gasteiger partial charge in [0.1, 0.15) is 4.90 Å². The summed E-state index contributed by atoms with van der Waals surface area (Å²) in [4.78, 5) is -0.925. The van der Waals surface area contributed by atoms with E-state index in [1.54, 1.807) is 6.92 Å². The molecule has 110 valence electrons. The molecule has 0 aromatic heterocycles. The predicted octanol–water partition coefficient (Wildman–Crippen LogP) is 1.54. The second-order valence-electron chi connectivity index (χ2n) is 3.84. The van der Waals surface area contributed by atoms with E-state index in [0.717, 1.165) is 0 Å². The first-order valence-corrected chi connectivity index (χ1v) is 6.62. The lowest BCUT2D eigenvalue weighted by molar-refractivity contribution is 0.431. The zero-order valence-electron chi connectivity index (χ0n) is 9.99. The predicted molar refractivity (Wildman–Crippen MR) is 67.0 cm³/mol. The normalized spacial score (nSPS) is 12.9. The van der Waals surface area contributed by atoms with Gasteiger partial charge in [0.25, 0.3) is 0 Å². The van der Waals surface area contributed by atoms with Gasteiger partial charge in [-0.15, -0.1) is 12.4 Å². The number of benzene rings is 1. The van der Waals surface area contributed by atoms with E-state index in [9.17, 15) is 21.6 Å². The molecule has 9 heteroatoms. The lowest BCUT2D eigenvalue weighted by Crippen LogP contribution is -2.29. The van der Waals surface area contributed by atoms with Crippen molar-refractivity contribution < 1.29 is 21.6 Å². The lowest BCUT2D eigenvalue weighted by atomic mass is 10.3. The van der Waals surface area contributed by atoms with Gasteiger partial charge in [-0.05, 0) is 25.5 Å². The van der Waals surface area contributed by atoms with Crippen molar-refractivity contribution in [2.75, 3.05) is 6.54 Å². The first-order valence-electron chi connectivity index (χ1n) is 5.14. The number of hydrogen-bond donors (Lipinski definition) is 2. The van der Waals surface area contributed by atoms with E-state index in [1.165, 1.54) is 0 Å². The van der Waals surface area contributed by atoms with E-state index in [-0.39, 0.29) is 25.0 Å². The summed E-state index contributed by atoms with van der Waals surface area (Å²) in [6.07, 6.45) is 0.338. The van der Waals surface area contributed by atoms with Crippen molar-refractivity contribution in [1.82, 2.24) is 4.72 Å². The number of hydrogen-bond acceptors (Lipinski definition) is 3. The highest BCUT2D eigenvalue weighted by atomic mass is 35.5. The van der Waals surface area contributed by atoms with Crippen molar-refractivity contribution in [3.63, 3.8) is 0 Å². The molecule has 0 spiro atoms. The molecule has 0 amide bonds. The summed E-state index contributed by atoms with van der Waals surface area (Å²) in [7, 11) is -4.21. The third kappa shape index (κ3) is 4.64. The van der Waals surface area contributed by atoms with E-state index in [2.05, 4.69) is 4.72 Å². The van der Waals surface area contributed by atoms with Crippen molar-refractivity contribution in [2.45, 2.75) is 24.3 Å². The fourth-order valence-corrected chi connectivity index (χ4v) is 2.33. The molecule has 1 aromatic carbocycles. The minimum atomic E-state index is -4.21. The van der Waals surface area contributed by atoms with Gasteiger partial charge in [-0.1, -0.05) is 0 Å². The van der Waals surface area contributed by atoms with Crippen LogP contribution in [-0.4, -0.2) is 21.0 Å². The van der Waals surface area contributed by atoms with Crippen LogP contribution in [0.15, 0.2) is 17.0 Å². The Kier molecular flexibility index (Phi) is 6.78. The summed E-state index contributed by atoms with van der Waals surface area (Å²) in [5, 5.41) is 0. The number of nitrogens with two attached hydrogens (primary N) is 1. The molecule has 0 fully saturated rings. The molecule has 4 nitrogen and oxygen atoms in total. The fraction of sp³-hybridized carbons (Fsp3) is 0.400. The Morgan fingerprint density at radius 2 is 1.84 bits per heavy atom. The molecule has 0 radical (unpaired) electrons. The van der Waals surface area contributed by atoms with Crippen LogP contribution >= 0.6 is 12.4 Å². The summed E-state index contributed by atoms with van der Waals surface area (Å²) in [5.74, 6) is -4.99. The lowest BCUT2D eigenvalue weighted by Gasteiger charge is -2.09. The molecule has 0 aliphatic heterocycles. The van der Waals surface area contributed by atoms with Gasteiger partial charge in [-0.2, -0.15) is 0 Å². The highest BCUT2D eigenvalue weighted by Gasteiger charge is 2.23. The van der Waals surface area contributed by atoms with Crippen molar-refractivity contribution in [3.05, 3.63) is 29.6 Å². The van der Waals surface area contributed by atoms with Crippen LogP contribution in [0.4, 0.5) is 13.2 Å². The largest absolute Gasteiger partial charge is 0.328 e. The Hall–Kier alpha value is -0.830. The summed E-state index contributed by atoms with van der Waals surface area (Å²) in [6.45, 7) is 1.66. The molecule has 0 heterocycles. The van der Waals surface area contributed by atoms with Crippen molar-refractivity contribution >= 4 is 22.4 Å². The van der Waals surface area contributed by atoms with Gasteiger partial charge in [-0.25, -0.2) is 26.3 Å². The van der Waals surface area contributed by atoms with Crippen LogP contribution in [0.25, 0.3) is 0 Å². The molecule has 0 saturated heterocycles. The van der Waals surface area contributed by atoms with Gasteiger partial charge in [0.2, 0.25) is 10.0 Å². The second-order valence-corrected chi connectivity index (χ2v) is 5.57. The highest BCUT2D eigenvalue weighted by molar-refractivity contribution is 7.89. The van der Waals surface area contributed by atoms with E-state index >= 15 is 0 Å². The van der Waals surface area contributed by atoms with Crippen molar-refractivity contribution in [3.8, 4) is 0 Å². The molecule has 0 aliphatic carbocycles. The Labute approximate surface area is 115 Å². The van der Waals surface area contributed by atoms with Crippen LogP contribution in [0.5, 0.6) is 0 Å². The molecule has 3 N–H and O–H groups in total. The van der Waals surface area contributed by atoms with Crippen LogP contribution in [0.3, 0.4) is 0 Å². The van der Waals surface area contributed by atoms with Gasteiger partial charge < -0.3 is 5.73 Å². The maximum absolute atomic E-state index is 13.3. The van der Waals surface area contributed by atoms with Crippen LogP contribution in [0, 0.1) is 17.5 Å². The first kappa shape index (κ1) is 18.2. The third-order valence-corrected chi connectivity index (χ3v) is 3.66. The van der Waals surface area contributed by atoms with Crippen LogP contribution < -0.4 is 10.5 Å². The van der Waals surface area contributed by atoms with Crippen LogP contribution in [0.2, 0.25) is 0 Å². The topological polar surface area (TPSA) is 72.2 Å². The highest BCUT2D eigenvalue weighted by Crippen LogP contribution is 2.19. The number of rotatable bonds is 5. The molecule has 0 bridgehead atoms. The van der Waals surface area contributed by atoms with Gasteiger partial charge >= 0.3 is 0 Å².